The van der Waals surface area contributed by atoms with Crippen LogP contribution in [0.15, 0.2) is 24.3 Å². The first-order valence-electron chi connectivity index (χ1n) is 4.75. The van der Waals surface area contributed by atoms with Gasteiger partial charge in [0.25, 0.3) is 0 Å². The summed E-state index contributed by atoms with van der Waals surface area (Å²) in [5, 5.41) is 0. The van der Waals surface area contributed by atoms with Crippen molar-refractivity contribution in [1.82, 2.24) is 4.72 Å². The Morgan fingerprint density at radius 2 is 1.94 bits per heavy atom. The fraction of sp³-hybridized carbons (Fsp3) is 0.273. The molecule has 0 heterocycles. The predicted octanol–water partition coefficient (Wildman–Crippen LogP) is 0.711. The summed E-state index contributed by atoms with van der Waals surface area (Å²) in [5.41, 5.74) is 6.82. The molecule has 0 fully saturated rings. The molecule has 1 rings (SSSR count). The minimum Gasteiger partial charge on any atom is -0.399 e. The van der Waals surface area contributed by atoms with Gasteiger partial charge in [-0.1, -0.05) is 18.1 Å². The summed E-state index contributed by atoms with van der Waals surface area (Å²) in [6, 6.07) is 6.74. The highest BCUT2D eigenvalue weighted by molar-refractivity contribution is 7.88. The lowest BCUT2D eigenvalue weighted by Crippen LogP contribution is -2.25. The summed E-state index contributed by atoms with van der Waals surface area (Å²) in [6.07, 6.45) is 0. The van der Waals surface area contributed by atoms with Crippen molar-refractivity contribution in [1.29, 1.82) is 0 Å². The van der Waals surface area contributed by atoms with Gasteiger partial charge in [0, 0.05) is 5.69 Å². The smallest absolute Gasteiger partial charge is 0.216 e. The molecule has 0 atom stereocenters. The highest BCUT2D eigenvalue weighted by atomic mass is 32.2. The zero-order chi connectivity index (χ0) is 12.0. The van der Waals surface area contributed by atoms with E-state index in [0.717, 1.165) is 0 Å². The highest BCUT2D eigenvalue weighted by Crippen LogP contribution is 2.08. The third-order valence-electron chi connectivity index (χ3n) is 1.89. The van der Waals surface area contributed by atoms with Crippen LogP contribution in [-0.2, 0) is 15.8 Å². The molecule has 86 valence electrons. The zero-order valence-electron chi connectivity index (χ0n) is 9.03. The molecule has 0 saturated carbocycles. The van der Waals surface area contributed by atoms with Crippen molar-refractivity contribution in [3.63, 3.8) is 0 Å². The predicted molar refractivity (Wildman–Crippen MR) is 64.9 cm³/mol. The lowest BCUT2D eigenvalue weighted by atomic mass is 10.2. The third-order valence-corrected chi connectivity index (χ3v) is 3.19. The molecule has 1 aromatic carbocycles. The van der Waals surface area contributed by atoms with E-state index in [1.807, 2.05) is 0 Å². The zero-order valence-corrected chi connectivity index (χ0v) is 9.84. The number of anilines is 1. The van der Waals surface area contributed by atoms with Crippen molar-refractivity contribution >= 4 is 15.7 Å². The molecule has 4 nitrogen and oxygen atoms in total. The molecule has 0 saturated heterocycles. The highest BCUT2D eigenvalue weighted by Gasteiger charge is 2.09. The molecule has 0 aliphatic heterocycles. The number of nitrogen functional groups attached to an aromatic ring is 1. The molecule has 0 radical (unpaired) electrons. The first-order valence-corrected chi connectivity index (χ1v) is 6.40. The summed E-state index contributed by atoms with van der Waals surface area (Å²) in [7, 11) is -3.31. The van der Waals surface area contributed by atoms with E-state index in [2.05, 4.69) is 16.6 Å². The fourth-order valence-electron chi connectivity index (χ4n) is 1.12. The molecule has 0 aliphatic rings. The SMILES string of the molecule is CC#CCNS(=O)(=O)Cc1ccc(N)cc1. The quantitative estimate of drug-likeness (QED) is 0.599. The minimum absolute atomic E-state index is 0.0569. The van der Waals surface area contributed by atoms with Crippen molar-refractivity contribution in [2.75, 3.05) is 12.3 Å². The Hall–Kier alpha value is -1.51. The fourth-order valence-corrected chi connectivity index (χ4v) is 2.14. The summed E-state index contributed by atoms with van der Waals surface area (Å²) >= 11 is 0. The van der Waals surface area contributed by atoms with Crippen molar-refractivity contribution in [2.45, 2.75) is 12.7 Å². The third kappa shape index (κ3) is 4.34. The number of benzene rings is 1. The van der Waals surface area contributed by atoms with Gasteiger partial charge in [0.15, 0.2) is 0 Å². The van der Waals surface area contributed by atoms with Gasteiger partial charge in [-0.15, -0.1) is 5.92 Å². The number of hydrogen-bond acceptors (Lipinski definition) is 3. The van der Waals surface area contributed by atoms with Gasteiger partial charge in [-0.25, -0.2) is 13.1 Å². The summed E-state index contributed by atoms with van der Waals surface area (Å²) < 4.78 is 25.5. The molecule has 0 unspecified atom stereocenters. The number of hydrogen-bond donors (Lipinski definition) is 2. The van der Waals surface area contributed by atoms with E-state index in [0.29, 0.717) is 11.3 Å². The summed E-state index contributed by atoms with van der Waals surface area (Å²) in [6.45, 7) is 1.81. The van der Waals surface area contributed by atoms with Gasteiger partial charge in [-0.05, 0) is 24.6 Å². The number of sulfonamides is 1. The van der Waals surface area contributed by atoms with Crippen LogP contribution in [-0.4, -0.2) is 15.0 Å². The lowest BCUT2D eigenvalue weighted by molar-refractivity contribution is 0.585. The number of rotatable bonds is 4. The van der Waals surface area contributed by atoms with Crippen LogP contribution in [0.1, 0.15) is 12.5 Å². The normalized spacial score (nSPS) is 10.6. The standard InChI is InChI=1S/C11H14N2O2S/c1-2-3-8-13-16(14,15)9-10-4-6-11(12)7-5-10/h4-7,13H,8-9,12H2,1H3. The van der Waals surface area contributed by atoms with E-state index < -0.39 is 10.0 Å². The minimum atomic E-state index is -3.31. The maximum Gasteiger partial charge on any atom is 0.216 e. The Morgan fingerprint density at radius 3 is 2.50 bits per heavy atom. The molecule has 1 aromatic rings. The number of nitrogens with two attached hydrogens (primary N) is 1. The van der Waals surface area contributed by atoms with Crippen LogP contribution < -0.4 is 10.5 Å². The molecule has 16 heavy (non-hydrogen) atoms. The van der Waals surface area contributed by atoms with Gasteiger partial charge in [-0.3, -0.25) is 0 Å². The van der Waals surface area contributed by atoms with Gasteiger partial charge in [0.1, 0.15) is 0 Å². The van der Waals surface area contributed by atoms with E-state index in [1.165, 1.54) is 0 Å². The largest absolute Gasteiger partial charge is 0.399 e. The molecular weight excluding hydrogens is 224 g/mol. The molecule has 0 bridgehead atoms. The van der Waals surface area contributed by atoms with E-state index in [4.69, 9.17) is 5.73 Å². The van der Waals surface area contributed by atoms with Crippen molar-refractivity contribution in [3.05, 3.63) is 29.8 Å². The van der Waals surface area contributed by atoms with E-state index in [1.54, 1.807) is 31.2 Å². The Morgan fingerprint density at radius 1 is 1.31 bits per heavy atom. The average Bonchev–Trinajstić information content (AvgIpc) is 2.21. The van der Waals surface area contributed by atoms with Gasteiger partial charge >= 0.3 is 0 Å². The Bertz CT molecular complexity index is 495. The van der Waals surface area contributed by atoms with Gasteiger partial charge in [0.05, 0.1) is 12.3 Å². The van der Waals surface area contributed by atoms with Gasteiger partial charge in [-0.2, -0.15) is 0 Å². The van der Waals surface area contributed by atoms with E-state index in [9.17, 15) is 8.42 Å². The van der Waals surface area contributed by atoms with Crippen molar-refractivity contribution < 1.29 is 8.42 Å². The van der Waals surface area contributed by atoms with Crippen LogP contribution in [0.5, 0.6) is 0 Å². The Labute approximate surface area is 95.9 Å². The average molecular weight is 238 g/mol. The molecular formula is C11H14N2O2S. The maximum absolute atomic E-state index is 11.5. The topological polar surface area (TPSA) is 72.2 Å². The molecule has 0 spiro atoms. The first kappa shape index (κ1) is 12.6. The van der Waals surface area contributed by atoms with Crippen LogP contribution in [0.2, 0.25) is 0 Å². The second kappa shape index (κ2) is 5.54. The first-order chi connectivity index (χ1) is 7.53. The van der Waals surface area contributed by atoms with Crippen LogP contribution in [0.25, 0.3) is 0 Å². The van der Waals surface area contributed by atoms with Crippen LogP contribution in [0.3, 0.4) is 0 Å². The second-order valence-electron chi connectivity index (χ2n) is 3.25. The lowest BCUT2D eigenvalue weighted by Gasteiger charge is -2.04. The van der Waals surface area contributed by atoms with Crippen LogP contribution >= 0.6 is 0 Å². The van der Waals surface area contributed by atoms with E-state index >= 15 is 0 Å². The molecule has 0 aliphatic carbocycles. The summed E-state index contributed by atoms with van der Waals surface area (Å²) in [5.74, 6) is 5.20. The second-order valence-corrected chi connectivity index (χ2v) is 5.06. The van der Waals surface area contributed by atoms with Crippen molar-refractivity contribution in [2.24, 2.45) is 0 Å². The Balaban J connectivity index is 2.64. The summed E-state index contributed by atoms with van der Waals surface area (Å²) in [4.78, 5) is 0. The molecule has 0 aromatic heterocycles. The molecule has 3 N–H and O–H groups in total. The van der Waals surface area contributed by atoms with Crippen molar-refractivity contribution in [3.8, 4) is 11.8 Å². The monoisotopic (exact) mass is 238 g/mol. The van der Waals surface area contributed by atoms with E-state index in [-0.39, 0.29) is 12.3 Å². The number of nitrogens with one attached hydrogen (secondary N) is 1. The molecule has 5 heteroatoms. The van der Waals surface area contributed by atoms with Crippen LogP contribution in [0, 0.1) is 11.8 Å². The molecule has 0 amide bonds. The van der Waals surface area contributed by atoms with Gasteiger partial charge < -0.3 is 5.73 Å². The Kier molecular flexibility index (Phi) is 4.35. The van der Waals surface area contributed by atoms with Gasteiger partial charge in [0.2, 0.25) is 10.0 Å². The van der Waals surface area contributed by atoms with Crippen LogP contribution in [0.4, 0.5) is 5.69 Å². The maximum atomic E-state index is 11.5.